The molecule has 3 aliphatic rings. The number of amides is 2. The lowest BCUT2D eigenvalue weighted by atomic mass is 9.63. The van der Waals surface area contributed by atoms with Crippen LogP contribution in [-0.2, 0) is 15.0 Å². The first-order valence-corrected chi connectivity index (χ1v) is 14.0. The van der Waals surface area contributed by atoms with Crippen LogP contribution in [0.3, 0.4) is 0 Å². The van der Waals surface area contributed by atoms with Crippen LogP contribution < -0.4 is 15.4 Å². The average molecular weight is 576 g/mol. The van der Waals surface area contributed by atoms with Gasteiger partial charge in [0.25, 0.3) is 0 Å². The van der Waals surface area contributed by atoms with Gasteiger partial charge in [-0.2, -0.15) is 0 Å². The molecule has 0 unspecified atom stereocenters. The Balaban J connectivity index is 1.47. The van der Waals surface area contributed by atoms with Crippen LogP contribution in [0.1, 0.15) is 33.1 Å². The molecular formula is C34H26ClN3O4. The Kier molecular flexibility index (Phi) is 6.13. The quantitative estimate of drug-likeness (QED) is 0.281. The fourth-order valence-corrected chi connectivity index (χ4v) is 6.98. The molecule has 4 aromatic carbocycles. The molecule has 2 N–H and O–H groups in total. The number of carbonyl (C=O) groups excluding carboxylic acids is 3. The Hall–Kier alpha value is -4.88. The van der Waals surface area contributed by atoms with Crippen molar-refractivity contribution in [3.63, 3.8) is 0 Å². The molecule has 3 aliphatic heterocycles. The van der Waals surface area contributed by atoms with Gasteiger partial charge in [-0.3, -0.25) is 14.4 Å². The molecule has 0 bridgehead atoms. The molecule has 7 nitrogen and oxygen atoms in total. The molecule has 208 valence electrons. The number of halogens is 1. The fourth-order valence-electron chi connectivity index (χ4n) is 6.85. The molecular weight excluding hydrogens is 550 g/mol. The van der Waals surface area contributed by atoms with Crippen molar-refractivity contribution in [3.8, 4) is 5.75 Å². The summed E-state index contributed by atoms with van der Waals surface area (Å²) in [6.07, 6.45) is 3.78. The normalized spacial score (nSPS) is 23.1. The van der Waals surface area contributed by atoms with E-state index in [0.717, 1.165) is 11.1 Å². The first-order chi connectivity index (χ1) is 20.4. The maximum atomic E-state index is 14.8. The van der Waals surface area contributed by atoms with Crippen LogP contribution >= 0.6 is 11.6 Å². The van der Waals surface area contributed by atoms with E-state index in [1.807, 2.05) is 65.7 Å². The molecule has 4 aromatic rings. The number of ketones is 1. The molecule has 7 rings (SSSR count). The lowest BCUT2D eigenvalue weighted by Crippen LogP contribution is -2.50. The van der Waals surface area contributed by atoms with Crippen LogP contribution in [0.25, 0.3) is 6.08 Å². The van der Waals surface area contributed by atoms with Gasteiger partial charge in [0, 0.05) is 28.2 Å². The van der Waals surface area contributed by atoms with Gasteiger partial charge in [-0.25, -0.2) is 0 Å². The molecule has 3 heterocycles. The van der Waals surface area contributed by atoms with Gasteiger partial charge in [0.1, 0.15) is 17.2 Å². The van der Waals surface area contributed by atoms with Gasteiger partial charge < -0.3 is 20.3 Å². The molecule has 4 atom stereocenters. The lowest BCUT2D eigenvalue weighted by molar-refractivity contribution is -0.122. The van der Waals surface area contributed by atoms with Gasteiger partial charge >= 0.3 is 0 Å². The average Bonchev–Trinajstić information content (AvgIpc) is 3.50. The number of Topliss-reactive ketones (excluding diaryl/α,β-unsaturated/α-hetero) is 1. The summed E-state index contributed by atoms with van der Waals surface area (Å²) < 4.78 is 5.32. The predicted molar refractivity (Wildman–Crippen MR) is 161 cm³/mol. The van der Waals surface area contributed by atoms with E-state index in [2.05, 4.69) is 10.6 Å². The van der Waals surface area contributed by atoms with Crippen molar-refractivity contribution in [1.29, 1.82) is 0 Å². The van der Waals surface area contributed by atoms with E-state index in [4.69, 9.17) is 16.3 Å². The van der Waals surface area contributed by atoms with Gasteiger partial charge in [-0.1, -0.05) is 54.1 Å². The third-order valence-corrected chi connectivity index (χ3v) is 8.86. The Labute approximate surface area is 247 Å². The third kappa shape index (κ3) is 3.77. The van der Waals surface area contributed by atoms with E-state index in [0.29, 0.717) is 33.3 Å². The van der Waals surface area contributed by atoms with Crippen molar-refractivity contribution in [2.75, 3.05) is 17.7 Å². The first kappa shape index (κ1) is 26.0. The van der Waals surface area contributed by atoms with Crippen molar-refractivity contribution >= 4 is 46.6 Å². The number of anilines is 2. The number of carbonyl (C=O) groups is 3. The second kappa shape index (κ2) is 9.89. The number of fused-ring (bicyclic) bond motifs is 6. The van der Waals surface area contributed by atoms with Crippen molar-refractivity contribution in [1.82, 2.24) is 4.90 Å². The van der Waals surface area contributed by atoms with Crippen LogP contribution in [-0.4, -0.2) is 35.6 Å². The second-order valence-electron chi connectivity index (χ2n) is 10.7. The SMILES string of the molecule is COc1ccc(C(=O)[C@@H]2[C@@H](C(=O)Nc3ccc(Cl)cc3)N3C=Cc4ccccc4[C@@H]3[C@]23C(=O)Nc2ccccc23)cc1. The van der Waals surface area contributed by atoms with E-state index >= 15 is 0 Å². The second-order valence-corrected chi connectivity index (χ2v) is 11.1. The molecule has 0 aliphatic carbocycles. The summed E-state index contributed by atoms with van der Waals surface area (Å²) in [5.74, 6) is -1.48. The standard InChI is InChI=1S/C34H26ClN3O4/c1-42-24-16-10-21(11-17-24)30(39)28-29(32(40)36-23-14-12-22(35)13-15-23)38-19-18-20-6-2-3-7-25(20)31(38)34(28)26-8-4-5-9-27(26)37-33(34)41/h2-19,28-29,31H,1H3,(H,36,40)(H,37,41)/t28-,29-,31+,34+/m0/s1. The van der Waals surface area contributed by atoms with Gasteiger partial charge in [0.15, 0.2) is 5.78 Å². The minimum absolute atomic E-state index is 0.305. The highest BCUT2D eigenvalue weighted by Gasteiger charge is 2.70. The van der Waals surface area contributed by atoms with Crippen molar-refractivity contribution < 1.29 is 19.1 Å². The van der Waals surface area contributed by atoms with Crippen LogP contribution in [0.5, 0.6) is 5.75 Å². The molecule has 0 aromatic heterocycles. The van der Waals surface area contributed by atoms with Crippen LogP contribution in [0.4, 0.5) is 11.4 Å². The maximum Gasteiger partial charge on any atom is 0.247 e. The number of nitrogens with zero attached hydrogens (tertiary/aromatic N) is 1. The summed E-state index contributed by atoms with van der Waals surface area (Å²) in [6.45, 7) is 0. The highest BCUT2D eigenvalue weighted by atomic mass is 35.5. The van der Waals surface area contributed by atoms with E-state index < -0.39 is 29.3 Å². The zero-order valence-corrected chi connectivity index (χ0v) is 23.3. The molecule has 8 heteroatoms. The van der Waals surface area contributed by atoms with Crippen molar-refractivity contribution in [3.05, 3.63) is 131 Å². The van der Waals surface area contributed by atoms with E-state index in [9.17, 15) is 14.4 Å². The van der Waals surface area contributed by atoms with E-state index in [-0.39, 0.29) is 11.7 Å². The number of hydrogen-bond acceptors (Lipinski definition) is 5. The largest absolute Gasteiger partial charge is 0.497 e. The number of nitrogens with one attached hydrogen (secondary N) is 2. The number of hydrogen-bond donors (Lipinski definition) is 2. The topological polar surface area (TPSA) is 87.7 Å². The summed E-state index contributed by atoms with van der Waals surface area (Å²) in [5, 5.41) is 6.58. The van der Waals surface area contributed by atoms with Gasteiger partial charge in [0.05, 0.1) is 19.1 Å². The van der Waals surface area contributed by atoms with Crippen molar-refractivity contribution in [2.24, 2.45) is 5.92 Å². The minimum Gasteiger partial charge on any atom is -0.497 e. The lowest BCUT2D eigenvalue weighted by Gasteiger charge is -2.38. The zero-order chi connectivity index (χ0) is 29.0. The van der Waals surface area contributed by atoms with Crippen LogP contribution in [0, 0.1) is 5.92 Å². The van der Waals surface area contributed by atoms with Crippen LogP contribution in [0.15, 0.2) is 103 Å². The Bertz CT molecular complexity index is 1770. The molecule has 1 fully saturated rings. The van der Waals surface area contributed by atoms with E-state index in [1.54, 1.807) is 55.6 Å². The molecule has 0 saturated carbocycles. The summed E-state index contributed by atoms with van der Waals surface area (Å²) in [7, 11) is 1.56. The first-order valence-electron chi connectivity index (χ1n) is 13.6. The number of rotatable bonds is 5. The summed E-state index contributed by atoms with van der Waals surface area (Å²) in [5.41, 5.74) is 2.68. The predicted octanol–water partition coefficient (Wildman–Crippen LogP) is 6.09. The minimum atomic E-state index is -1.39. The highest BCUT2D eigenvalue weighted by molar-refractivity contribution is 6.30. The molecule has 1 saturated heterocycles. The monoisotopic (exact) mass is 575 g/mol. The van der Waals surface area contributed by atoms with Gasteiger partial charge in [0.2, 0.25) is 11.8 Å². The van der Waals surface area contributed by atoms with Crippen molar-refractivity contribution in [2.45, 2.75) is 17.5 Å². The summed E-state index contributed by atoms with van der Waals surface area (Å²) >= 11 is 6.09. The Morgan fingerprint density at radius 2 is 1.64 bits per heavy atom. The van der Waals surface area contributed by atoms with Gasteiger partial charge in [-0.15, -0.1) is 0 Å². The zero-order valence-electron chi connectivity index (χ0n) is 22.6. The summed E-state index contributed by atoms with van der Waals surface area (Å²) in [6, 6.07) is 27.2. The van der Waals surface area contributed by atoms with Crippen LogP contribution in [0.2, 0.25) is 5.02 Å². The van der Waals surface area contributed by atoms with E-state index in [1.165, 1.54) is 0 Å². The molecule has 0 radical (unpaired) electrons. The molecule has 2 amide bonds. The smallest absolute Gasteiger partial charge is 0.247 e. The number of methoxy groups -OCH3 is 1. The number of para-hydroxylation sites is 1. The Morgan fingerprint density at radius 1 is 0.929 bits per heavy atom. The number of ether oxygens (including phenoxy) is 1. The maximum absolute atomic E-state index is 14.8. The third-order valence-electron chi connectivity index (χ3n) is 8.61. The number of benzene rings is 4. The fraction of sp³-hybridized carbons (Fsp3) is 0.147. The van der Waals surface area contributed by atoms with Gasteiger partial charge in [-0.05, 0) is 77.4 Å². The summed E-state index contributed by atoms with van der Waals surface area (Å²) in [4.78, 5) is 45.4. The highest BCUT2D eigenvalue weighted by Crippen LogP contribution is 2.62. The Morgan fingerprint density at radius 3 is 2.40 bits per heavy atom. The molecule has 42 heavy (non-hydrogen) atoms. The molecule has 1 spiro atoms.